The van der Waals surface area contributed by atoms with Gasteiger partial charge in [0.1, 0.15) is 11.9 Å². The third-order valence-electron chi connectivity index (χ3n) is 6.73. The van der Waals surface area contributed by atoms with E-state index in [-0.39, 0.29) is 29.2 Å². The average molecular weight is 439 g/mol. The van der Waals surface area contributed by atoms with E-state index in [0.29, 0.717) is 41.3 Å². The Morgan fingerprint density at radius 2 is 2.12 bits per heavy atom. The summed E-state index contributed by atoms with van der Waals surface area (Å²) in [5, 5.41) is 22.7. The second-order valence-corrected chi connectivity index (χ2v) is 8.62. The van der Waals surface area contributed by atoms with Gasteiger partial charge in [0.2, 0.25) is 0 Å². The number of alkyl halides is 1. The Kier molecular flexibility index (Phi) is 5.24. The molecular formula is C22H26FN7O2. The highest BCUT2D eigenvalue weighted by Crippen LogP contribution is 2.33. The first-order valence-corrected chi connectivity index (χ1v) is 11.0. The number of aromatic nitrogens is 5. The Hall–Kier alpha value is -3.14. The van der Waals surface area contributed by atoms with Gasteiger partial charge in [0.15, 0.2) is 11.6 Å². The minimum atomic E-state index is -0.985. The molecule has 1 aromatic carbocycles. The van der Waals surface area contributed by atoms with Crippen molar-refractivity contribution in [1.29, 1.82) is 0 Å². The Balaban J connectivity index is 1.43. The second-order valence-electron chi connectivity index (χ2n) is 8.62. The van der Waals surface area contributed by atoms with E-state index in [1.807, 2.05) is 18.9 Å². The maximum absolute atomic E-state index is 15.0. The van der Waals surface area contributed by atoms with Gasteiger partial charge in [-0.25, -0.2) is 14.4 Å². The van der Waals surface area contributed by atoms with Crippen LogP contribution in [0.2, 0.25) is 0 Å². The molecule has 2 unspecified atom stereocenters. The molecule has 0 spiro atoms. The van der Waals surface area contributed by atoms with Gasteiger partial charge < -0.3 is 15.3 Å². The number of halogens is 1. The van der Waals surface area contributed by atoms with Crippen LogP contribution in [0.25, 0.3) is 22.3 Å². The van der Waals surface area contributed by atoms with Crippen molar-refractivity contribution in [3.8, 4) is 17.1 Å². The molecule has 168 valence electrons. The third-order valence-corrected chi connectivity index (χ3v) is 6.73. The summed E-state index contributed by atoms with van der Waals surface area (Å²) in [6, 6.07) is 2.89. The second kappa shape index (κ2) is 8.09. The number of aryl methyl sites for hydroxylation is 1. The molecule has 0 amide bonds. The van der Waals surface area contributed by atoms with Crippen molar-refractivity contribution in [2.75, 3.05) is 11.9 Å². The molecule has 10 heteroatoms. The highest BCUT2D eigenvalue weighted by atomic mass is 19.1. The summed E-state index contributed by atoms with van der Waals surface area (Å²) < 4.78 is 16.5. The zero-order valence-corrected chi connectivity index (χ0v) is 18.1. The number of rotatable bonds is 4. The first kappa shape index (κ1) is 20.7. The minimum Gasteiger partial charge on any atom is -0.507 e. The molecule has 3 aromatic rings. The summed E-state index contributed by atoms with van der Waals surface area (Å²) in [5.74, 6) is 0.566. The largest absolute Gasteiger partial charge is 0.507 e. The Labute approximate surface area is 184 Å². The van der Waals surface area contributed by atoms with Crippen molar-refractivity contribution in [2.24, 2.45) is 0 Å². The lowest BCUT2D eigenvalue weighted by atomic mass is 9.82. The predicted molar refractivity (Wildman–Crippen MR) is 118 cm³/mol. The zero-order valence-electron chi connectivity index (χ0n) is 18.1. The zero-order chi connectivity index (χ0) is 22.4. The molecule has 2 aliphatic heterocycles. The molecule has 5 rings (SSSR count). The van der Waals surface area contributed by atoms with Gasteiger partial charge in [-0.05, 0) is 38.3 Å². The van der Waals surface area contributed by atoms with Crippen LogP contribution < -0.4 is 15.8 Å². The number of nitrogens with one attached hydrogen (secondary N) is 1. The SMILES string of the molecule is CCn1cnc2cc(-c3ncc(N(C)[C@@H]4CC5CCCC(N5)[C@@H]4F)nn3)c(O)cc2c1=O. The summed E-state index contributed by atoms with van der Waals surface area (Å²) in [5.41, 5.74) is 0.557. The first-order valence-electron chi connectivity index (χ1n) is 11.0. The average Bonchev–Trinajstić information content (AvgIpc) is 2.82. The minimum absolute atomic E-state index is 0.116. The fourth-order valence-electron chi connectivity index (χ4n) is 4.87. The molecule has 2 aliphatic rings. The lowest BCUT2D eigenvalue weighted by molar-refractivity contribution is 0.107. The standard InChI is InChI=1S/C22H26FN7O2/c1-3-30-11-25-16-8-14(18(31)9-13(16)22(30)32)21-24-10-19(27-28-21)29(2)17-7-12-5-4-6-15(26-12)20(17)23/h8-12,15,17,20,26,31H,3-7H2,1-2H3/t12?,15?,17-,20+/m1/s1. The smallest absolute Gasteiger partial charge is 0.261 e. The molecule has 2 N–H and O–H groups in total. The van der Waals surface area contributed by atoms with Gasteiger partial charge in [-0.1, -0.05) is 6.42 Å². The number of hydrogen-bond donors (Lipinski definition) is 2. The molecule has 4 heterocycles. The van der Waals surface area contributed by atoms with Crippen molar-refractivity contribution in [3.63, 3.8) is 0 Å². The van der Waals surface area contributed by atoms with E-state index in [2.05, 4.69) is 25.5 Å². The molecule has 9 nitrogen and oxygen atoms in total. The predicted octanol–water partition coefficient (Wildman–Crippen LogP) is 2.03. The van der Waals surface area contributed by atoms with Crippen LogP contribution in [0.15, 0.2) is 29.5 Å². The summed E-state index contributed by atoms with van der Waals surface area (Å²) in [4.78, 5) is 22.9. The van der Waals surface area contributed by atoms with E-state index in [1.165, 1.54) is 17.0 Å². The monoisotopic (exact) mass is 439 g/mol. The number of phenolic OH excluding ortho intramolecular Hbond substituents is 1. The van der Waals surface area contributed by atoms with Crippen LogP contribution in [-0.4, -0.2) is 61.2 Å². The van der Waals surface area contributed by atoms with E-state index >= 15 is 4.39 Å². The maximum atomic E-state index is 15.0. The van der Waals surface area contributed by atoms with Crippen molar-refractivity contribution in [1.82, 2.24) is 30.0 Å². The van der Waals surface area contributed by atoms with Crippen molar-refractivity contribution in [2.45, 2.75) is 63.4 Å². The first-order chi connectivity index (χ1) is 15.5. The molecule has 2 saturated heterocycles. The van der Waals surface area contributed by atoms with Crippen molar-refractivity contribution >= 4 is 16.7 Å². The topological polar surface area (TPSA) is 109 Å². The highest BCUT2D eigenvalue weighted by molar-refractivity contribution is 5.85. The van der Waals surface area contributed by atoms with Crippen LogP contribution in [0.4, 0.5) is 10.2 Å². The molecule has 0 saturated carbocycles. The van der Waals surface area contributed by atoms with Gasteiger partial charge in [0.25, 0.3) is 5.56 Å². The third kappa shape index (κ3) is 3.48. The van der Waals surface area contributed by atoms with Crippen LogP contribution in [0, 0.1) is 0 Å². The molecule has 2 aromatic heterocycles. The molecular weight excluding hydrogens is 413 g/mol. The van der Waals surface area contributed by atoms with E-state index in [4.69, 9.17) is 0 Å². The van der Waals surface area contributed by atoms with Gasteiger partial charge in [0.05, 0.1) is 35.0 Å². The van der Waals surface area contributed by atoms with E-state index in [0.717, 1.165) is 19.3 Å². The van der Waals surface area contributed by atoms with Gasteiger partial charge >= 0.3 is 0 Å². The van der Waals surface area contributed by atoms with Gasteiger partial charge in [-0.15, -0.1) is 10.2 Å². The Bertz CT molecular complexity index is 1200. The van der Waals surface area contributed by atoms with E-state index < -0.39 is 6.17 Å². The highest BCUT2D eigenvalue weighted by Gasteiger charge is 2.42. The quantitative estimate of drug-likeness (QED) is 0.636. The lowest BCUT2D eigenvalue weighted by Gasteiger charge is -2.45. The number of fused-ring (bicyclic) bond motifs is 3. The Morgan fingerprint density at radius 3 is 2.88 bits per heavy atom. The summed E-state index contributed by atoms with van der Waals surface area (Å²) >= 11 is 0. The van der Waals surface area contributed by atoms with Crippen LogP contribution in [0.5, 0.6) is 5.75 Å². The number of hydrogen-bond acceptors (Lipinski definition) is 8. The van der Waals surface area contributed by atoms with Gasteiger partial charge in [-0.2, -0.15) is 0 Å². The van der Waals surface area contributed by atoms with Crippen LogP contribution in [0.1, 0.15) is 32.6 Å². The van der Waals surface area contributed by atoms with E-state index in [1.54, 1.807) is 12.3 Å². The molecule has 32 heavy (non-hydrogen) atoms. The number of aromatic hydroxyl groups is 1. The number of anilines is 1. The summed E-state index contributed by atoms with van der Waals surface area (Å²) in [6.45, 7) is 2.34. The number of nitrogens with zero attached hydrogens (tertiary/aromatic N) is 6. The van der Waals surface area contributed by atoms with Gasteiger partial charge in [0, 0.05) is 25.7 Å². The van der Waals surface area contributed by atoms with Crippen LogP contribution in [-0.2, 0) is 6.54 Å². The van der Waals surface area contributed by atoms with Crippen LogP contribution >= 0.6 is 0 Å². The normalized spacial score (nSPS) is 25.1. The molecule has 0 aliphatic carbocycles. The number of piperidine rings is 2. The molecule has 2 fully saturated rings. The van der Waals surface area contributed by atoms with Gasteiger partial charge in [-0.3, -0.25) is 9.36 Å². The Morgan fingerprint density at radius 1 is 1.28 bits per heavy atom. The number of phenols is 1. The fraction of sp³-hybridized carbons (Fsp3) is 0.500. The molecule has 0 radical (unpaired) electrons. The number of benzene rings is 1. The van der Waals surface area contributed by atoms with E-state index in [9.17, 15) is 9.90 Å². The fourth-order valence-corrected chi connectivity index (χ4v) is 4.87. The maximum Gasteiger partial charge on any atom is 0.261 e. The van der Waals surface area contributed by atoms with Crippen LogP contribution in [0.3, 0.4) is 0 Å². The van der Waals surface area contributed by atoms with Crippen molar-refractivity contribution < 1.29 is 9.50 Å². The van der Waals surface area contributed by atoms with Crippen molar-refractivity contribution in [3.05, 3.63) is 35.0 Å². The summed E-state index contributed by atoms with van der Waals surface area (Å²) in [6.07, 6.45) is 5.72. The lowest BCUT2D eigenvalue weighted by Crippen LogP contribution is -2.61. The summed E-state index contributed by atoms with van der Waals surface area (Å²) in [7, 11) is 1.82. The molecule has 4 atom stereocenters. The molecule has 2 bridgehead atoms.